The number of sulfone groups is 1. The molecular formula is C18H16BrNO4S. The van der Waals surface area contributed by atoms with Gasteiger partial charge in [-0.3, -0.25) is 4.79 Å². The molecule has 1 heterocycles. The second kappa shape index (κ2) is 6.65. The fourth-order valence-corrected chi connectivity index (χ4v) is 3.66. The Balaban J connectivity index is 2.03. The fourth-order valence-electron chi connectivity index (χ4n) is 2.60. The standard InChI is InChI=1S/C18H16BrNO4S/c1-11-9-12(7-8-15(11)19)20-18(21)17-14(10-25(2,22)23)13-5-3-4-6-16(13)24-17/h3-9H,10H2,1-2H3,(H,20,21). The molecule has 0 fully saturated rings. The number of furan rings is 1. The van der Waals surface area contributed by atoms with Crippen LogP contribution in [0, 0.1) is 6.92 Å². The van der Waals surface area contributed by atoms with E-state index in [2.05, 4.69) is 21.2 Å². The average Bonchev–Trinajstić information content (AvgIpc) is 2.88. The smallest absolute Gasteiger partial charge is 0.291 e. The van der Waals surface area contributed by atoms with Crippen LogP contribution < -0.4 is 5.32 Å². The Bertz CT molecular complexity index is 1070. The van der Waals surface area contributed by atoms with E-state index in [1.54, 1.807) is 30.3 Å². The maximum atomic E-state index is 12.7. The lowest BCUT2D eigenvalue weighted by molar-refractivity contribution is 0.0998. The highest BCUT2D eigenvalue weighted by Gasteiger charge is 2.23. The number of carbonyl (C=O) groups excluding carboxylic acids is 1. The molecule has 0 saturated carbocycles. The largest absolute Gasteiger partial charge is 0.451 e. The van der Waals surface area contributed by atoms with Gasteiger partial charge in [-0.25, -0.2) is 8.42 Å². The van der Waals surface area contributed by atoms with Crippen molar-refractivity contribution in [2.75, 3.05) is 11.6 Å². The summed E-state index contributed by atoms with van der Waals surface area (Å²) in [5.41, 5.74) is 2.44. The van der Waals surface area contributed by atoms with Gasteiger partial charge < -0.3 is 9.73 Å². The van der Waals surface area contributed by atoms with Gasteiger partial charge in [0.1, 0.15) is 5.58 Å². The summed E-state index contributed by atoms with van der Waals surface area (Å²) in [6, 6.07) is 12.4. The maximum Gasteiger partial charge on any atom is 0.291 e. The van der Waals surface area contributed by atoms with Gasteiger partial charge in [0.05, 0.1) is 5.75 Å². The first kappa shape index (κ1) is 17.7. The molecule has 3 aromatic rings. The van der Waals surface area contributed by atoms with Crippen LogP contribution in [0.1, 0.15) is 21.7 Å². The molecule has 0 unspecified atom stereocenters. The molecule has 0 bridgehead atoms. The van der Waals surface area contributed by atoms with Gasteiger partial charge in [0.25, 0.3) is 5.91 Å². The summed E-state index contributed by atoms with van der Waals surface area (Å²) in [6.45, 7) is 1.91. The number of amides is 1. The van der Waals surface area contributed by atoms with Crippen molar-refractivity contribution in [3.05, 3.63) is 63.8 Å². The molecule has 0 spiro atoms. The number of para-hydroxylation sites is 1. The summed E-state index contributed by atoms with van der Waals surface area (Å²) in [5.74, 6) is -0.713. The third kappa shape index (κ3) is 3.93. The number of carbonyl (C=O) groups is 1. The molecule has 1 N–H and O–H groups in total. The van der Waals surface area contributed by atoms with E-state index in [-0.39, 0.29) is 11.5 Å². The van der Waals surface area contributed by atoms with Crippen LogP contribution in [0.4, 0.5) is 5.69 Å². The minimum Gasteiger partial charge on any atom is -0.451 e. The predicted molar refractivity (Wildman–Crippen MR) is 102 cm³/mol. The van der Waals surface area contributed by atoms with Crippen LogP contribution in [-0.2, 0) is 15.6 Å². The lowest BCUT2D eigenvalue weighted by Gasteiger charge is -2.07. The highest BCUT2D eigenvalue weighted by molar-refractivity contribution is 9.10. The zero-order valence-electron chi connectivity index (χ0n) is 13.7. The quantitative estimate of drug-likeness (QED) is 0.680. The monoisotopic (exact) mass is 421 g/mol. The Labute approximate surface area is 154 Å². The van der Waals surface area contributed by atoms with E-state index in [0.717, 1.165) is 16.3 Å². The third-order valence-corrected chi connectivity index (χ3v) is 5.43. The molecule has 0 saturated heterocycles. The molecule has 1 aromatic heterocycles. The first-order chi connectivity index (χ1) is 11.7. The number of benzene rings is 2. The molecule has 0 aliphatic heterocycles. The van der Waals surface area contributed by atoms with Crippen molar-refractivity contribution in [2.24, 2.45) is 0 Å². The SMILES string of the molecule is Cc1cc(NC(=O)c2oc3ccccc3c2CS(C)(=O)=O)ccc1Br. The van der Waals surface area contributed by atoms with E-state index < -0.39 is 15.7 Å². The lowest BCUT2D eigenvalue weighted by Crippen LogP contribution is -2.14. The van der Waals surface area contributed by atoms with Crippen molar-refractivity contribution >= 4 is 48.3 Å². The highest BCUT2D eigenvalue weighted by atomic mass is 79.9. The maximum absolute atomic E-state index is 12.7. The number of rotatable bonds is 4. The van der Waals surface area contributed by atoms with Crippen molar-refractivity contribution in [1.29, 1.82) is 0 Å². The highest BCUT2D eigenvalue weighted by Crippen LogP contribution is 2.28. The van der Waals surface area contributed by atoms with Crippen LogP contribution in [0.15, 0.2) is 51.4 Å². The van der Waals surface area contributed by atoms with Gasteiger partial charge in [0, 0.05) is 27.4 Å². The molecule has 1 amide bonds. The van der Waals surface area contributed by atoms with Gasteiger partial charge in [-0.05, 0) is 36.8 Å². The van der Waals surface area contributed by atoms with Crippen molar-refractivity contribution in [3.63, 3.8) is 0 Å². The number of fused-ring (bicyclic) bond motifs is 1. The van der Waals surface area contributed by atoms with E-state index in [4.69, 9.17) is 4.42 Å². The second-order valence-electron chi connectivity index (χ2n) is 5.89. The first-order valence-electron chi connectivity index (χ1n) is 7.50. The van der Waals surface area contributed by atoms with Gasteiger partial charge >= 0.3 is 0 Å². The first-order valence-corrected chi connectivity index (χ1v) is 10.4. The Morgan fingerprint density at radius 1 is 1.20 bits per heavy atom. The van der Waals surface area contributed by atoms with Crippen molar-refractivity contribution in [1.82, 2.24) is 0 Å². The van der Waals surface area contributed by atoms with Gasteiger partial charge in [0.15, 0.2) is 15.6 Å². The van der Waals surface area contributed by atoms with Crippen molar-refractivity contribution in [2.45, 2.75) is 12.7 Å². The summed E-state index contributed by atoms with van der Waals surface area (Å²) in [5, 5.41) is 3.39. The third-order valence-electron chi connectivity index (χ3n) is 3.73. The summed E-state index contributed by atoms with van der Waals surface area (Å²) < 4.78 is 30.1. The summed E-state index contributed by atoms with van der Waals surface area (Å²) >= 11 is 3.41. The van der Waals surface area contributed by atoms with Crippen LogP contribution in [-0.4, -0.2) is 20.6 Å². The van der Waals surface area contributed by atoms with Crippen LogP contribution in [0.2, 0.25) is 0 Å². The number of hydrogen-bond donors (Lipinski definition) is 1. The average molecular weight is 422 g/mol. The molecule has 0 radical (unpaired) electrons. The van der Waals surface area contributed by atoms with Crippen LogP contribution in [0.5, 0.6) is 0 Å². The van der Waals surface area contributed by atoms with Gasteiger partial charge in [-0.2, -0.15) is 0 Å². The Kier molecular flexibility index (Phi) is 4.71. The summed E-state index contributed by atoms with van der Waals surface area (Å²) in [6.07, 6.45) is 1.13. The number of halogens is 1. The molecular weight excluding hydrogens is 406 g/mol. The zero-order valence-corrected chi connectivity index (χ0v) is 16.1. The Hall–Kier alpha value is -2.12. The molecule has 3 rings (SSSR count). The molecule has 25 heavy (non-hydrogen) atoms. The minimum absolute atomic E-state index is 0.0206. The molecule has 7 heteroatoms. The second-order valence-corrected chi connectivity index (χ2v) is 8.89. The van der Waals surface area contributed by atoms with Crippen molar-refractivity contribution in [3.8, 4) is 0 Å². The molecule has 0 aliphatic rings. The lowest BCUT2D eigenvalue weighted by atomic mass is 10.1. The van der Waals surface area contributed by atoms with E-state index in [1.807, 2.05) is 19.1 Å². The van der Waals surface area contributed by atoms with Crippen molar-refractivity contribution < 1.29 is 17.6 Å². The number of hydrogen-bond acceptors (Lipinski definition) is 4. The van der Waals surface area contributed by atoms with E-state index >= 15 is 0 Å². The van der Waals surface area contributed by atoms with Gasteiger partial charge in [-0.1, -0.05) is 34.1 Å². The summed E-state index contributed by atoms with van der Waals surface area (Å²) in [4.78, 5) is 12.7. The predicted octanol–water partition coefficient (Wildman–Crippen LogP) is 4.30. The molecule has 5 nitrogen and oxygen atoms in total. The van der Waals surface area contributed by atoms with Gasteiger partial charge in [-0.15, -0.1) is 0 Å². The Morgan fingerprint density at radius 2 is 1.92 bits per heavy atom. The zero-order chi connectivity index (χ0) is 18.2. The number of nitrogens with one attached hydrogen (secondary N) is 1. The molecule has 130 valence electrons. The van der Waals surface area contributed by atoms with Crippen LogP contribution >= 0.6 is 15.9 Å². The fraction of sp³-hybridized carbons (Fsp3) is 0.167. The van der Waals surface area contributed by atoms with Gasteiger partial charge in [0.2, 0.25) is 0 Å². The normalized spacial score (nSPS) is 11.6. The topological polar surface area (TPSA) is 76.4 Å². The van der Waals surface area contributed by atoms with E-state index in [9.17, 15) is 13.2 Å². The minimum atomic E-state index is -3.33. The van der Waals surface area contributed by atoms with Crippen LogP contribution in [0.25, 0.3) is 11.0 Å². The molecule has 0 aliphatic carbocycles. The molecule has 0 atom stereocenters. The van der Waals surface area contributed by atoms with E-state index in [0.29, 0.717) is 22.2 Å². The molecule has 2 aromatic carbocycles. The number of anilines is 1. The number of aryl methyl sites for hydroxylation is 1. The Morgan fingerprint density at radius 3 is 2.60 bits per heavy atom. The van der Waals surface area contributed by atoms with Crippen LogP contribution in [0.3, 0.4) is 0 Å². The summed E-state index contributed by atoms with van der Waals surface area (Å²) in [7, 11) is -3.33. The van der Waals surface area contributed by atoms with E-state index in [1.165, 1.54) is 0 Å².